The third-order valence-electron chi connectivity index (χ3n) is 9.56. The molecule has 0 N–H and O–H groups in total. The van der Waals surface area contributed by atoms with Crippen LogP contribution in [0.2, 0.25) is 0 Å². The second kappa shape index (κ2) is 10.1. The number of para-hydroxylation sites is 4. The number of fused-ring (bicyclic) bond motifs is 10. The zero-order chi connectivity index (χ0) is 30.9. The van der Waals surface area contributed by atoms with Gasteiger partial charge in [-0.25, -0.2) is 0 Å². The average molecular weight is 601 g/mol. The zero-order valence-electron chi connectivity index (χ0n) is 25.5. The summed E-state index contributed by atoms with van der Waals surface area (Å²) in [5, 5.41) is 3.71. The first-order chi connectivity index (χ1) is 23.3. The zero-order valence-corrected chi connectivity index (χ0v) is 25.5. The molecule has 0 saturated heterocycles. The van der Waals surface area contributed by atoms with Crippen molar-refractivity contribution in [1.82, 2.24) is 14.1 Å². The van der Waals surface area contributed by atoms with Crippen molar-refractivity contribution < 1.29 is 0 Å². The summed E-state index contributed by atoms with van der Waals surface area (Å²) in [5.41, 5.74) is 13.8. The van der Waals surface area contributed by atoms with E-state index in [1.807, 2.05) is 12.4 Å². The van der Waals surface area contributed by atoms with E-state index in [4.69, 9.17) is 0 Å². The first-order valence-corrected chi connectivity index (χ1v) is 16.0. The number of benzene rings is 6. The van der Waals surface area contributed by atoms with E-state index < -0.39 is 0 Å². The quantitative estimate of drug-likeness (QED) is 0.202. The Bertz CT molecular complexity index is 2590. The molecule has 0 amide bonds. The Kier molecular flexibility index (Phi) is 5.54. The van der Waals surface area contributed by atoms with Gasteiger partial charge in [0.2, 0.25) is 0 Å². The minimum Gasteiger partial charge on any atom is -0.316 e. The Labute approximate surface area is 272 Å². The molecule has 0 radical (unpaired) electrons. The number of hydrogen-bond acceptors (Lipinski definition) is 2. The molecule has 47 heavy (non-hydrogen) atoms. The summed E-state index contributed by atoms with van der Waals surface area (Å²) in [7, 11) is 0. The van der Waals surface area contributed by atoms with Crippen LogP contribution in [-0.2, 0) is 0 Å². The van der Waals surface area contributed by atoms with Gasteiger partial charge in [0.15, 0.2) is 0 Å². The van der Waals surface area contributed by atoms with Crippen LogP contribution in [0.1, 0.15) is 0 Å². The molecular formula is C43H28N4. The van der Waals surface area contributed by atoms with E-state index in [1.165, 1.54) is 43.8 Å². The highest BCUT2D eigenvalue weighted by Gasteiger charge is 2.29. The normalized spacial score (nSPS) is 12.2. The molecule has 0 saturated carbocycles. The van der Waals surface area contributed by atoms with Gasteiger partial charge in [0.05, 0.1) is 27.9 Å². The smallest absolute Gasteiger partial charge is 0.0628 e. The predicted octanol–water partition coefficient (Wildman–Crippen LogP) is 11.2. The van der Waals surface area contributed by atoms with Crippen molar-refractivity contribution in [3.63, 3.8) is 0 Å². The molecular weight excluding hydrogens is 573 g/mol. The van der Waals surface area contributed by atoms with Gasteiger partial charge in [-0.2, -0.15) is 0 Å². The summed E-state index contributed by atoms with van der Waals surface area (Å²) < 4.78 is 4.71. The van der Waals surface area contributed by atoms with Crippen LogP contribution in [0, 0.1) is 0 Å². The van der Waals surface area contributed by atoms with Crippen LogP contribution >= 0.6 is 0 Å². The van der Waals surface area contributed by atoms with Crippen molar-refractivity contribution >= 4 is 49.8 Å². The van der Waals surface area contributed by atoms with Gasteiger partial charge < -0.3 is 14.0 Å². The Morgan fingerprint density at radius 2 is 1.17 bits per heavy atom. The maximum Gasteiger partial charge on any atom is 0.0628 e. The topological polar surface area (TPSA) is 26.0 Å². The molecule has 0 spiro atoms. The van der Waals surface area contributed by atoms with Crippen molar-refractivity contribution in [2.75, 3.05) is 4.90 Å². The van der Waals surface area contributed by atoms with Gasteiger partial charge in [0.25, 0.3) is 0 Å². The molecule has 4 heterocycles. The fourth-order valence-electron chi connectivity index (χ4n) is 7.58. The number of nitrogens with zero attached hydrogens (tertiary/aromatic N) is 4. The lowest BCUT2D eigenvalue weighted by Gasteiger charge is -2.28. The third kappa shape index (κ3) is 3.79. The highest BCUT2D eigenvalue weighted by atomic mass is 15.2. The van der Waals surface area contributed by atoms with Crippen molar-refractivity contribution in [3.05, 3.63) is 170 Å². The summed E-state index contributed by atoms with van der Waals surface area (Å²) in [6.07, 6.45) is 6.12. The molecule has 1 aliphatic rings. The molecule has 4 heteroatoms. The minimum absolute atomic E-state index is 1.09. The standard InChI is InChI=1S/C43H28N4/c1-2-11-30(12-3-1)45-26-24-29-21-22-41-42(43(29)45)36-23-25-44-28-37(36)35-17-6-9-20-40(35)47(41)32-14-10-13-31(27-32)46-38-18-7-4-15-33(38)34-16-5-8-19-39(34)46/h1-28H. The molecule has 9 aromatic rings. The van der Waals surface area contributed by atoms with Crippen LogP contribution in [0.25, 0.3) is 66.3 Å². The molecule has 10 rings (SSSR count). The van der Waals surface area contributed by atoms with Gasteiger partial charge in [0.1, 0.15) is 0 Å². The van der Waals surface area contributed by atoms with E-state index in [0.717, 1.165) is 39.6 Å². The molecule has 0 bridgehead atoms. The second-order valence-electron chi connectivity index (χ2n) is 12.1. The molecule has 1 aliphatic heterocycles. The summed E-state index contributed by atoms with van der Waals surface area (Å²) >= 11 is 0. The molecule has 0 atom stereocenters. The van der Waals surface area contributed by atoms with Gasteiger partial charge in [0, 0.05) is 68.5 Å². The van der Waals surface area contributed by atoms with Crippen molar-refractivity contribution in [1.29, 1.82) is 0 Å². The monoisotopic (exact) mass is 600 g/mol. The minimum atomic E-state index is 1.09. The number of rotatable bonds is 3. The lowest BCUT2D eigenvalue weighted by atomic mass is 9.95. The Morgan fingerprint density at radius 3 is 2.00 bits per heavy atom. The van der Waals surface area contributed by atoms with Gasteiger partial charge in [-0.1, -0.05) is 84.9 Å². The fraction of sp³-hybridized carbons (Fsp3) is 0. The number of aromatic nitrogens is 3. The maximum absolute atomic E-state index is 4.63. The largest absolute Gasteiger partial charge is 0.316 e. The van der Waals surface area contributed by atoms with Gasteiger partial charge in [-0.05, 0) is 72.3 Å². The summed E-state index contributed by atoms with van der Waals surface area (Å²) in [4.78, 5) is 7.07. The summed E-state index contributed by atoms with van der Waals surface area (Å²) in [5.74, 6) is 0. The highest BCUT2D eigenvalue weighted by Crippen LogP contribution is 2.53. The highest BCUT2D eigenvalue weighted by molar-refractivity contribution is 6.12. The van der Waals surface area contributed by atoms with Crippen LogP contribution in [0.4, 0.5) is 17.1 Å². The average Bonchev–Trinajstić information content (AvgIpc) is 3.69. The lowest BCUT2D eigenvalue weighted by Crippen LogP contribution is -2.12. The lowest BCUT2D eigenvalue weighted by molar-refractivity contribution is 1.13. The van der Waals surface area contributed by atoms with Crippen LogP contribution in [-0.4, -0.2) is 14.1 Å². The van der Waals surface area contributed by atoms with E-state index in [1.54, 1.807) is 0 Å². The van der Waals surface area contributed by atoms with E-state index >= 15 is 0 Å². The van der Waals surface area contributed by atoms with E-state index in [0.29, 0.717) is 0 Å². The van der Waals surface area contributed by atoms with E-state index in [-0.39, 0.29) is 0 Å². The summed E-state index contributed by atoms with van der Waals surface area (Å²) in [6, 6.07) is 54.6. The number of pyridine rings is 1. The van der Waals surface area contributed by atoms with Crippen molar-refractivity contribution in [3.8, 4) is 33.6 Å². The SMILES string of the molecule is c1ccc(-n2ccc3ccc4c(c32)-c2ccncc2-c2ccccc2N4c2cccc(-n3c4ccccc4c4ccccc43)c2)cc1. The van der Waals surface area contributed by atoms with Crippen LogP contribution in [0.15, 0.2) is 170 Å². The molecule has 220 valence electrons. The fourth-order valence-corrected chi connectivity index (χ4v) is 7.58. The van der Waals surface area contributed by atoms with E-state index in [9.17, 15) is 0 Å². The van der Waals surface area contributed by atoms with Gasteiger partial charge >= 0.3 is 0 Å². The van der Waals surface area contributed by atoms with Crippen LogP contribution in [0.5, 0.6) is 0 Å². The molecule has 0 aliphatic carbocycles. The first kappa shape index (κ1) is 25.9. The molecule has 0 fully saturated rings. The molecule has 0 unspecified atom stereocenters. The van der Waals surface area contributed by atoms with Crippen molar-refractivity contribution in [2.24, 2.45) is 0 Å². The Morgan fingerprint density at radius 1 is 0.468 bits per heavy atom. The van der Waals surface area contributed by atoms with Gasteiger partial charge in [-0.15, -0.1) is 0 Å². The Hall–Kier alpha value is -6.39. The number of anilines is 3. The van der Waals surface area contributed by atoms with Crippen LogP contribution < -0.4 is 4.90 Å². The first-order valence-electron chi connectivity index (χ1n) is 16.0. The Balaban J connectivity index is 1.29. The molecule has 6 aromatic carbocycles. The van der Waals surface area contributed by atoms with Crippen LogP contribution in [0.3, 0.4) is 0 Å². The third-order valence-corrected chi connectivity index (χ3v) is 9.56. The van der Waals surface area contributed by atoms with Crippen molar-refractivity contribution in [2.45, 2.75) is 0 Å². The molecule has 4 nitrogen and oxygen atoms in total. The van der Waals surface area contributed by atoms with E-state index in [2.05, 4.69) is 177 Å². The molecule has 3 aromatic heterocycles. The van der Waals surface area contributed by atoms with Gasteiger partial charge in [-0.3, -0.25) is 4.98 Å². The summed E-state index contributed by atoms with van der Waals surface area (Å²) in [6.45, 7) is 0. The maximum atomic E-state index is 4.63. The number of hydrogen-bond donors (Lipinski definition) is 0. The second-order valence-corrected chi connectivity index (χ2v) is 12.1. The predicted molar refractivity (Wildman–Crippen MR) is 195 cm³/mol.